The lowest BCUT2D eigenvalue weighted by Gasteiger charge is -2.34. The van der Waals surface area contributed by atoms with Crippen molar-refractivity contribution in [3.8, 4) is 22.7 Å². The topological polar surface area (TPSA) is 88.3 Å². The molecule has 0 spiro atoms. The van der Waals surface area contributed by atoms with Gasteiger partial charge < -0.3 is 14.2 Å². The van der Waals surface area contributed by atoms with Crippen LogP contribution in [0.5, 0.6) is 0 Å². The van der Waals surface area contributed by atoms with Gasteiger partial charge in [-0.25, -0.2) is 9.97 Å². The van der Waals surface area contributed by atoms with E-state index in [0.29, 0.717) is 49.3 Å². The molecule has 1 fully saturated rings. The van der Waals surface area contributed by atoms with Gasteiger partial charge in [0.2, 0.25) is 11.9 Å². The molecule has 0 aliphatic carbocycles. The second kappa shape index (κ2) is 6.91. The fraction of sp³-hybridized carbons (Fsp3) is 0.278. The molecule has 132 valence electrons. The SMILES string of the molecule is CC(=O)N1CCN(c2ncc(-c3cnccn3)c(-c3ccco3)n2)CC1. The van der Waals surface area contributed by atoms with Gasteiger partial charge in [-0.2, -0.15) is 0 Å². The Morgan fingerprint density at radius 3 is 2.62 bits per heavy atom. The second-order valence-electron chi connectivity index (χ2n) is 5.99. The van der Waals surface area contributed by atoms with Gasteiger partial charge in [0.15, 0.2) is 5.76 Å². The van der Waals surface area contributed by atoms with E-state index in [9.17, 15) is 4.79 Å². The van der Waals surface area contributed by atoms with Crippen molar-refractivity contribution in [3.63, 3.8) is 0 Å². The quantitative estimate of drug-likeness (QED) is 0.712. The number of hydrogen-bond donors (Lipinski definition) is 0. The predicted molar refractivity (Wildman–Crippen MR) is 95.2 cm³/mol. The maximum absolute atomic E-state index is 11.5. The van der Waals surface area contributed by atoms with E-state index in [1.165, 1.54) is 0 Å². The first-order valence-corrected chi connectivity index (χ1v) is 8.40. The lowest BCUT2D eigenvalue weighted by atomic mass is 10.1. The molecule has 3 aromatic heterocycles. The Labute approximate surface area is 150 Å². The number of rotatable bonds is 3. The summed E-state index contributed by atoms with van der Waals surface area (Å²) in [5.41, 5.74) is 2.13. The van der Waals surface area contributed by atoms with E-state index in [2.05, 4.69) is 19.9 Å². The van der Waals surface area contributed by atoms with E-state index in [1.54, 1.807) is 38.0 Å². The van der Waals surface area contributed by atoms with E-state index in [-0.39, 0.29) is 5.91 Å². The van der Waals surface area contributed by atoms with Crippen LogP contribution in [0.2, 0.25) is 0 Å². The van der Waals surface area contributed by atoms with Crippen molar-refractivity contribution in [2.75, 3.05) is 31.1 Å². The van der Waals surface area contributed by atoms with Gasteiger partial charge in [0.25, 0.3) is 0 Å². The highest BCUT2D eigenvalue weighted by molar-refractivity contribution is 5.76. The number of piperazine rings is 1. The Balaban J connectivity index is 1.68. The molecule has 4 rings (SSSR count). The Hall–Kier alpha value is -3.29. The number of aromatic nitrogens is 4. The standard InChI is InChI=1S/C18H18N6O2/c1-13(25)23-6-8-24(9-7-23)18-21-11-14(15-12-19-4-5-20-15)17(22-18)16-3-2-10-26-16/h2-5,10-12H,6-9H2,1H3. The molecule has 1 amide bonds. The van der Waals surface area contributed by atoms with E-state index in [1.807, 2.05) is 17.0 Å². The van der Waals surface area contributed by atoms with Gasteiger partial charge in [0, 0.05) is 57.3 Å². The first-order valence-electron chi connectivity index (χ1n) is 8.40. The minimum absolute atomic E-state index is 0.0971. The van der Waals surface area contributed by atoms with Crippen LogP contribution in [0.15, 0.2) is 47.6 Å². The van der Waals surface area contributed by atoms with Crippen molar-refractivity contribution in [1.82, 2.24) is 24.8 Å². The summed E-state index contributed by atoms with van der Waals surface area (Å²) in [5, 5.41) is 0. The van der Waals surface area contributed by atoms with E-state index in [4.69, 9.17) is 9.40 Å². The molecule has 1 aliphatic heterocycles. The van der Waals surface area contributed by atoms with Gasteiger partial charge in [-0.3, -0.25) is 14.8 Å². The van der Waals surface area contributed by atoms with Crippen LogP contribution in [-0.4, -0.2) is 56.9 Å². The third-order valence-corrected chi connectivity index (χ3v) is 4.38. The van der Waals surface area contributed by atoms with Gasteiger partial charge in [0.05, 0.1) is 18.2 Å². The summed E-state index contributed by atoms with van der Waals surface area (Å²) in [5.74, 6) is 1.36. The van der Waals surface area contributed by atoms with Crippen molar-refractivity contribution in [2.45, 2.75) is 6.92 Å². The Morgan fingerprint density at radius 2 is 1.96 bits per heavy atom. The molecule has 0 aromatic carbocycles. The summed E-state index contributed by atoms with van der Waals surface area (Å²) in [6.45, 7) is 4.32. The first kappa shape index (κ1) is 16.2. The summed E-state index contributed by atoms with van der Waals surface area (Å²) < 4.78 is 5.56. The van der Waals surface area contributed by atoms with Crippen molar-refractivity contribution in [1.29, 1.82) is 0 Å². The summed E-state index contributed by atoms with van der Waals surface area (Å²) in [6.07, 6.45) is 8.30. The molecule has 3 aromatic rings. The Morgan fingerprint density at radius 1 is 1.12 bits per heavy atom. The smallest absolute Gasteiger partial charge is 0.226 e. The van der Waals surface area contributed by atoms with Gasteiger partial charge >= 0.3 is 0 Å². The van der Waals surface area contributed by atoms with Crippen molar-refractivity contribution >= 4 is 11.9 Å². The van der Waals surface area contributed by atoms with Crippen LogP contribution in [0.25, 0.3) is 22.7 Å². The number of amides is 1. The lowest BCUT2D eigenvalue weighted by Crippen LogP contribution is -2.48. The highest BCUT2D eigenvalue weighted by Crippen LogP contribution is 2.30. The van der Waals surface area contributed by atoms with Crippen molar-refractivity contribution in [3.05, 3.63) is 43.2 Å². The van der Waals surface area contributed by atoms with Gasteiger partial charge in [0.1, 0.15) is 5.69 Å². The predicted octanol–water partition coefficient (Wildman–Crippen LogP) is 1.86. The maximum Gasteiger partial charge on any atom is 0.226 e. The van der Waals surface area contributed by atoms with Crippen molar-refractivity contribution in [2.24, 2.45) is 0 Å². The van der Waals surface area contributed by atoms with E-state index >= 15 is 0 Å². The monoisotopic (exact) mass is 350 g/mol. The summed E-state index contributed by atoms with van der Waals surface area (Å²) in [4.78, 5) is 33.1. The molecule has 8 heteroatoms. The number of hydrogen-bond acceptors (Lipinski definition) is 7. The van der Waals surface area contributed by atoms with Gasteiger partial charge in [-0.05, 0) is 12.1 Å². The molecule has 0 radical (unpaired) electrons. The number of carbonyl (C=O) groups is 1. The highest BCUT2D eigenvalue weighted by atomic mass is 16.3. The number of furan rings is 1. The fourth-order valence-corrected chi connectivity index (χ4v) is 2.97. The minimum atomic E-state index is 0.0971. The first-order chi connectivity index (χ1) is 12.7. The molecule has 0 atom stereocenters. The fourth-order valence-electron chi connectivity index (χ4n) is 2.97. The highest BCUT2D eigenvalue weighted by Gasteiger charge is 2.22. The average Bonchev–Trinajstić information content (AvgIpc) is 3.23. The molecule has 1 aliphatic rings. The van der Waals surface area contributed by atoms with E-state index in [0.717, 1.165) is 5.56 Å². The molecule has 0 saturated carbocycles. The molecule has 4 heterocycles. The molecule has 1 saturated heterocycles. The average molecular weight is 350 g/mol. The minimum Gasteiger partial charge on any atom is -0.463 e. The lowest BCUT2D eigenvalue weighted by molar-refractivity contribution is -0.129. The van der Waals surface area contributed by atoms with Crippen LogP contribution in [0, 0.1) is 0 Å². The summed E-state index contributed by atoms with van der Waals surface area (Å²) in [7, 11) is 0. The van der Waals surface area contributed by atoms with Crippen molar-refractivity contribution < 1.29 is 9.21 Å². The Bertz CT molecular complexity index is 889. The molecular weight excluding hydrogens is 332 g/mol. The second-order valence-corrected chi connectivity index (χ2v) is 5.99. The van der Waals surface area contributed by atoms with Gasteiger partial charge in [-0.15, -0.1) is 0 Å². The molecule has 0 unspecified atom stereocenters. The number of carbonyl (C=O) groups excluding carboxylic acids is 1. The number of anilines is 1. The zero-order valence-electron chi connectivity index (χ0n) is 14.4. The van der Waals surface area contributed by atoms with E-state index < -0.39 is 0 Å². The summed E-state index contributed by atoms with van der Waals surface area (Å²) in [6, 6.07) is 3.68. The normalized spacial score (nSPS) is 14.5. The van der Waals surface area contributed by atoms with Crippen LogP contribution in [0.3, 0.4) is 0 Å². The van der Waals surface area contributed by atoms with Crippen LogP contribution in [0.4, 0.5) is 5.95 Å². The van der Waals surface area contributed by atoms with Crippen LogP contribution < -0.4 is 4.90 Å². The third-order valence-electron chi connectivity index (χ3n) is 4.38. The zero-order valence-corrected chi connectivity index (χ0v) is 14.4. The summed E-state index contributed by atoms with van der Waals surface area (Å²) >= 11 is 0. The Kier molecular flexibility index (Phi) is 4.30. The van der Waals surface area contributed by atoms with Crippen LogP contribution in [0.1, 0.15) is 6.92 Å². The molecule has 8 nitrogen and oxygen atoms in total. The zero-order chi connectivity index (χ0) is 17.9. The molecular formula is C18H18N6O2. The van der Waals surface area contributed by atoms with Crippen LogP contribution in [-0.2, 0) is 4.79 Å². The van der Waals surface area contributed by atoms with Crippen LogP contribution >= 0.6 is 0 Å². The molecule has 0 bridgehead atoms. The maximum atomic E-state index is 11.5. The molecule has 26 heavy (non-hydrogen) atoms. The largest absolute Gasteiger partial charge is 0.463 e. The van der Waals surface area contributed by atoms with Gasteiger partial charge in [-0.1, -0.05) is 0 Å². The third kappa shape index (κ3) is 3.13. The molecule has 0 N–H and O–H groups in total. The number of nitrogens with zero attached hydrogens (tertiary/aromatic N) is 6.